The van der Waals surface area contributed by atoms with Gasteiger partial charge >= 0.3 is 0 Å². The first kappa shape index (κ1) is 46.5. The SMILES string of the molecule is C=C(C)C(=O)C[C@@H](C)CC(=C)N(C)c1ccc(CCCCC(C)(C)C)cc1.C=C(C)CCc1ccc(C)cc1.CC.CC.CC.[HH]. The van der Waals surface area contributed by atoms with E-state index < -0.39 is 0 Å². The minimum atomic E-state index is 0. The third-order valence-corrected chi connectivity index (χ3v) is 7.00. The molecule has 0 amide bonds. The van der Waals surface area contributed by atoms with Crippen LogP contribution in [0.3, 0.4) is 0 Å². The monoisotopic (exact) mass is 622 g/mol. The number of carbonyl (C=O) groups excluding carboxylic acids is 1. The van der Waals surface area contributed by atoms with Crippen molar-refractivity contribution in [1.29, 1.82) is 0 Å². The Hall–Kier alpha value is -2.87. The molecule has 0 bridgehead atoms. The van der Waals surface area contributed by atoms with Crippen LogP contribution in [0.4, 0.5) is 5.69 Å². The molecule has 45 heavy (non-hydrogen) atoms. The van der Waals surface area contributed by atoms with Gasteiger partial charge in [-0.15, -0.1) is 6.58 Å². The first-order valence-corrected chi connectivity index (χ1v) is 17.6. The Morgan fingerprint density at radius 3 is 1.69 bits per heavy atom. The lowest BCUT2D eigenvalue weighted by atomic mass is 9.89. The number of aryl methyl sites for hydroxylation is 3. The van der Waals surface area contributed by atoms with Gasteiger partial charge in [0.15, 0.2) is 5.78 Å². The van der Waals surface area contributed by atoms with E-state index in [0.29, 0.717) is 17.4 Å². The number of unbranched alkanes of at least 4 members (excludes halogenated alkanes) is 1. The van der Waals surface area contributed by atoms with Gasteiger partial charge in [0.05, 0.1) is 0 Å². The minimum Gasteiger partial charge on any atom is -0.349 e. The van der Waals surface area contributed by atoms with Gasteiger partial charge in [-0.3, -0.25) is 4.79 Å². The number of Topliss-reactive ketones (excluding diaryl/α,β-unsaturated/α-hetero) is 1. The third kappa shape index (κ3) is 25.1. The first-order valence-electron chi connectivity index (χ1n) is 17.6. The van der Waals surface area contributed by atoms with E-state index in [0.717, 1.165) is 37.1 Å². The number of anilines is 1. The Kier molecular flexibility index (Phi) is 28.4. The molecule has 2 rings (SSSR count). The van der Waals surface area contributed by atoms with Crippen molar-refractivity contribution >= 4 is 11.5 Å². The lowest BCUT2D eigenvalue weighted by Gasteiger charge is -2.24. The molecule has 0 saturated heterocycles. The fraction of sp³-hybridized carbons (Fsp3) is 0.558. The van der Waals surface area contributed by atoms with Crippen molar-refractivity contribution in [2.24, 2.45) is 11.3 Å². The smallest absolute Gasteiger partial charge is 0.158 e. The molecule has 0 N–H and O–H groups in total. The highest BCUT2D eigenvalue weighted by Crippen LogP contribution is 2.25. The summed E-state index contributed by atoms with van der Waals surface area (Å²) in [4.78, 5) is 14.0. The molecule has 0 spiro atoms. The highest BCUT2D eigenvalue weighted by molar-refractivity contribution is 5.94. The maximum Gasteiger partial charge on any atom is 0.158 e. The molecule has 2 nitrogen and oxygen atoms in total. The van der Waals surface area contributed by atoms with Gasteiger partial charge in [-0.1, -0.05) is 136 Å². The van der Waals surface area contributed by atoms with E-state index in [-0.39, 0.29) is 13.1 Å². The molecule has 0 aliphatic carbocycles. The van der Waals surface area contributed by atoms with E-state index in [1.54, 1.807) is 6.92 Å². The zero-order valence-electron chi connectivity index (χ0n) is 32.3. The summed E-state index contributed by atoms with van der Waals surface area (Å²) in [5.41, 5.74) is 8.64. The average molecular weight is 622 g/mol. The number of hydrogen-bond donors (Lipinski definition) is 0. The lowest BCUT2D eigenvalue weighted by Crippen LogP contribution is -2.18. The molecule has 0 unspecified atom stereocenters. The molecule has 258 valence electrons. The van der Waals surface area contributed by atoms with Crippen molar-refractivity contribution in [2.75, 3.05) is 11.9 Å². The largest absolute Gasteiger partial charge is 0.349 e. The van der Waals surface area contributed by atoms with E-state index in [4.69, 9.17) is 0 Å². The van der Waals surface area contributed by atoms with Crippen molar-refractivity contribution in [1.82, 2.24) is 0 Å². The number of nitrogens with zero attached hydrogens (tertiary/aromatic N) is 1. The van der Waals surface area contributed by atoms with Crippen LogP contribution in [0.5, 0.6) is 0 Å². The number of rotatable bonds is 14. The van der Waals surface area contributed by atoms with Crippen LogP contribution in [0.25, 0.3) is 0 Å². The average Bonchev–Trinajstić information content (AvgIpc) is 3.01. The highest BCUT2D eigenvalue weighted by Gasteiger charge is 2.14. The molecule has 0 saturated carbocycles. The summed E-state index contributed by atoms with van der Waals surface area (Å²) in [6.45, 7) is 38.8. The van der Waals surface area contributed by atoms with Gasteiger partial charge < -0.3 is 4.90 Å². The molecule has 2 aromatic rings. The molecule has 2 aromatic carbocycles. The zero-order chi connectivity index (χ0) is 35.6. The third-order valence-electron chi connectivity index (χ3n) is 7.00. The summed E-state index contributed by atoms with van der Waals surface area (Å²) in [5.74, 6) is 0.417. The molecule has 0 fully saturated rings. The zero-order valence-corrected chi connectivity index (χ0v) is 32.3. The Morgan fingerprint density at radius 1 is 0.778 bits per heavy atom. The Balaban J connectivity index is -0.000000387. The maximum atomic E-state index is 11.8. The van der Waals surface area contributed by atoms with Gasteiger partial charge in [0, 0.05) is 26.3 Å². The molecular formula is C43H75NO. The van der Waals surface area contributed by atoms with Crippen LogP contribution in [0.2, 0.25) is 0 Å². The second kappa shape index (κ2) is 27.4. The van der Waals surface area contributed by atoms with E-state index in [9.17, 15) is 4.79 Å². The van der Waals surface area contributed by atoms with Gasteiger partial charge in [-0.2, -0.15) is 0 Å². The van der Waals surface area contributed by atoms with Crippen molar-refractivity contribution in [3.8, 4) is 0 Å². The summed E-state index contributed by atoms with van der Waals surface area (Å²) >= 11 is 0. The van der Waals surface area contributed by atoms with Crippen LogP contribution >= 0.6 is 0 Å². The van der Waals surface area contributed by atoms with Crippen molar-refractivity contribution < 1.29 is 6.22 Å². The van der Waals surface area contributed by atoms with Crippen LogP contribution in [-0.4, -0.2) is 12.8 Å². The molecule has 0 heterocycles. The summed E-state index contributed by atoms with van der Waals surface area (Å²) in [7, 11) is 2.05. The summed E-state index contributed by atoms with van der Waals surface area (Å²) < 4.78 is 0. The Morgan fingerprint density at radius 2 is 1.24 bits per heavy atom. The predicted octanol–water partition coefficient (Wildman–Crippen LogP) is 13.8. The number of benzene rings is 2. The second-order valence-corrected chi connectivity index (χ2v) is 12.7. The maximum absolute atomic E-state index is 11.8. The number of allylic oxidation sites excluding steroid dienone is 3. The quantitative estimate of drug-likeness (QED) is 0.119. The molecule has 0 aromatic heterocycles. The van der Waals surface area contributed by atoms with Gasteiger partial charge in [0.2, 0.25) is 0 Å². The van der Waals surface area contributed by atoms with Crippen LogP contribution < -0.4 is 4.90 Å². The standard InChI is InChI=1S/C25H39NO.C12H16.3C2H6.H2/c1-19(2)24(27)18-20(3)17-21(4)26(8)23-14-12-22(13-15-23)11-9-10-16-25(5,6)7;1-10(2)4-7-12-8-5-11(3)6-9-12;3*1-2;/h12-15,20H,1,4,9-11,16-18H2,2-3,5-8H3;5-6,8-9H,1,4,7H2,2-3H3;3*1-2H3;1H/t20-;;;;;/m0...../s1. The molecule has 0 aliphatic rings. The predicted molar refractivity (Wildman–Crippen MR) is 210 cm³/mol. The van der Waals surface area contributed by atoms with Crippen LogP contribution in [0, 0.1) is 18.3 Å². The fourth-order valence-corrected chi connectivity index (χ4v) is 4.27. The van der Waals surface area contributed by atoms with Gasteiger partial charge in [0.25, 0.3) is 0 Å². The fourth-order valence-electron chi connectivity index (χ4n) is 4.27. The minimum absolute atomic E-state index is 0. The molecular weight excluding hydrogens is 546 g/mol. The Labute approximate surface area is 283 Å². The van der Waals surface area contributed by atoms with Gasteiger partial charge in [-0.05, 0) is 99.5 Å². The normalized spacial score (nSPS) is 10.5. The first-order chi connectivity index (χ1) is 21.2. The molecule has 0 aliphatic heterocycles. The Bertz CT molecular complexity index is 1060. The van der Waals surface area contributed by atoms with Crippen molar-refractivity contribution in [3.05, 3.63) is 102 Å². The molecule has 2 heteroatoms. The number of ketones is 1. The van der Waals surface area contributed by atoms with Crippen LogP contribution in [-0.2, 0) is 17.6 Å². The van der Waals surface area contributed by atoms with E-state index >= 15 is 0 Å². The second-order valence-electron chi connectivity index (χ2n) is 12.7. The number of hydrogen-bond acceptors (Lipinski definition) is 2. The van der Waals surface area contributed by atoms with Crippen LogP contribution in [0.1, 0.15) is 140 Å². The number of carbonyl (C=O) groups is 1. The van der Waals surface area contributed by atoms with E-state index in [1.165, 1.54) is 41.5 Å². The van der Waals surface area contributed by atoms with Crippen molar-refractivity contribution in [3.63, 3.8) is 0 Å². The van der Waals surface area contributed by atoms with E-state index in [2.05, 4.69) is 115 Å². The lowest BCUT2D eigenvalue weighted by molar-refractivity contribution is -0.116. The van der Waals surface area contributed by atoms with Gasteiger partial charge in [0.1, 0.15) is 0 Å². The van der Waals surface area contributed by atoms with Gasteiger partial charge in [-0.25, -0.2) is 0 Å². The van der Waals surface area contributed by atoms with Crippen molar-refractivity contribution in [2.45, 2.75) is 141 Å². The van der Waals surface area contributed by atoms with Crippen LogP contribution in [0.15, 0.2) is 85.1 Å². The summed E-state index contributed by atoms with van der Waals surface area (Å²) in [6.07, 6.45) is 8.51. The van der Waals surface area contributed by atoms with E-state index in [1.807, 2.05) is 48.6 Å². The molecule has 1 atom stereocenters. The summed E-state index contributed by atoms with van der Waals surface area (Å²) in [6, 6.07) is 17.5. The highest BCUT2D eigenvalue weighted by atomic mass is 16.1. The molecule has 0 radical (unpaired) electrons. The topological polar surface area (TPSA) is 20.3 Å². The summed E-state index contributed by atoms with van der Waals surface area (Å²) in [5, 5.41) is 0.